The van der Waals surface area contributed by atoms with Gasteiger partial charge in [-0.05, 0) is 63.1 Å². The Labute approximate surface area is 152 Å². The van der Waals surface area contributed by atoms with Gasteiger partial charge in [0, 0.05) is 39.4 Å². The maximum Gasteiger partial charge on any atom is 0.0475 e. The van der Waals surface area contributed by atoms with Crippen LogP contribution < -0.4 is 0 Å². The fraction of sp³-hybridized carbons (Fsp3) is 0.714. The molecule has 3 rings (SSSR count). The molecule has 0 bridgehead atoms. The van der Waals surface area contributed by atoms with E-state index in [9.17, 15) is 10.2 Å². The number of benzene rings is 1. The van der Waals surface area contributed by atoms with Gasteiger partial charge in [0.1, 0.15) is 0 Å². The van der Waals surface area contributed by atoms with Crippen molar-refractivity contribution in [2.45, 2.75) is 33.2 Å². The molecule has 4 heteroatoms. The Morgan fingerprint density at radius 3 is 2.12 bits per heavy atom. The van der Waals surface area contributed by atoms with Crippen LogP contribution in [-0.4, -0.2) is 66.0 Å². The first-order chi connectivity index (χ1) is 12.1. The highest BCUT2D eigenvalue weighted by Crippen LogP contribution is 2.27. The van der Waals surface area contributed by atoms with E-state index in [1.807, 2.05) is 0 Å². The van der Waals surface area contributed by atoms with Crippen LogP contribution in [0.3, 0.4) is 0 Å². The van der Waals surface area contributed by atoms with Gasteiger partial charge in [0.15, 0.2) is 0 Å². The zero-order chi connectivity index (χ0) is 17.8. The molecule has 1 aromatic carbocycles. The van der Waals surface area contributed by atoms with Gasteiger partial charge in [-0.25, -0.2) is 0 Å². The molecule has 0 amide bonds. The van der Waals surface area contributed by atoms with Gasteiger partial charge in [0.2, 0.25) is 0 Å². The molecule has 0 aromatic heterocycles. The number of aliphatic hydroxyl groups is 2. The van der Waals surface area contributed by atoms with Crippen LogP contribution in [0.4, 0.5) is 0 Å². The van der Waals surface area contributed by atoms with E-state index < -0.39 is 0 Å². The highest BCUT2D eigenvalue weighted by atomic mass is 16.3. The molecule has 0 aliphatic carbocycles. The molecule has 2 atom stereocenters. The lowest BCUT2D eigenvalue weighted by Crippen LogP contribution is -2.40. The molecule has 2 aliphatic rings. The van der Waals surface area contributed by atoms with Gasteiger partial charge >= 0.3 is 0 Å². The van der Waals surface area contributed by atoms with Gasteiger partial charge in [0.25, 0.3) is 0 Å². The van der Waals surface area contributed by atoms with Crippen molar-refractivity contribution in [3.8, 4) is 0 Å². The third kappa shape index (κ3) is 5.04. The van der Waals surface area contributed by atoms with Crippen molar-refractivity contribution in [3.05, 3.63) is 34.9 Å². The van der Waals surface area contributed by atoms with Crippen molar-refractivity contribution in [2.75, 3.05) is 45.9 Å². The average molecular weight is 347 g/mol. The number of hydrogen-bond acceptors (Lipinski definition) is 4. The summed E-state index contributed by atoms with van der Waals surface area (Å²) in [5, 5.41) is 19.1. The predicted molar refractivity (Wildman–Crippen MR) is 102 cm³/mol. The van der Waals surface area contributed by atoms with Crippen LogP contribution in [0.1, 0.15) is 29.5 Å². The average Bonchev–Trinajstić information content (AvgIpc) is 2.96. The second-order valence-electron chi connectivity index (χ2n) is 8.32. The molecule has 2 fully saturated rings. The molecule has 2 N–H and O–H groups in total. The topological polar surface area (TPSA) is 46.9 Å². The van der Waals surface area contributed by atoms with Crippen LogP contribution in [0.2, 0.25) is 0 Å². The van der Waals surface area contributed by atoms with Crippen LogP contribution in [0.5, 0.6) is 0 Å². The summed E-state index contributed by atoms with van der Waals surface area (Å²) in [4.78, 5) is 5.06. The van der Waals surface area contributed by atoms with Crippen molar-refractivity contribution in [3.63, 3.8) is 0 Å². The van der Waals surface area contributed by atoms with Crippen molar-refractivity contribution in [1.82, 2.24) is 9.80 Å². The van der Waals surface area contributed by atoms with Gasteiger partial charge in [-0.1, -0.05) is 29.3 Å². The Bertz CT molecular complexity index is 535. The normalized spacial score (nSPS) is 26.4. The van der Waals surface area contributed by atoms with Crippen molar-refractivity contribution in [1.29, 1.82) is 0 Å². The lowest BCUT2D eigenvalue weighted by atomic mass is 9.93. The molecule has 140 valence electrons. The molecular weight excluding hydrogens is 312 g/mol. The number of nitrogens with zero attached hydrogens (tertiary/aromatic N) is 2. The smallest absolute Gasteiger partial charge is 0.0475 e. The summed E-state index contributed by atoms with van der Waals surface area (Å²) in [6, 6.07) is 6.80. The van der Waals surface area contributed by atoms with E-state index in [1.54, 1.807) is 0 Å². The summed E-state index contributed by atoms with van der Waals surface area (Å²) in [5.41, 5.74) is 4.05. The highest BCUT2D eigenvalue weighted by molar-refractivity contribution is 5.28. The van der Waals surface area contributed by atoms with Crippen LogP contribution in [0.25, 0.3) is 0 Å². The third-order valence-electron chi connectivity index (χ3n) is 6.03. The standard InChI is InChI=1S/C21H34N2O2/c1-16-7-17(2)9-19(8-16)10-23-12-20(21(13-23)15-25)11-22-5-3-18(14-24)4-6-22/h7-9,18,20-21,24-25H,3-6,10-15H2,1-2H3/t20-,21-/m1/s1. The first kappa shape index (κ1) is 18.8. The van der Waals surface area contributed by atoms with E-state index in [-0.39, 0.29) is 0 Å². The number of hydrogen-bond donors (Lipinski definition) is 2. The summed E-state index contributed by atoms with van der Waals surface area (Å²) >= 11 is 0. The molecule has 0 spiro atoms. The van der Waals surface area contributed by atoms with Crippen molar-refractivity contribution < 1.29 is 10.2 Å². The Hall–Kier alpha value is -0.940. The van der Waals surface area contributed by atoms with E-state index in [2.05, 4.69) is 41.8 Å². The summed E-state index contributed by atoms with van der Waals surface area (Å²) in [7, 11) is 0. The lowest BCUT2D eigenvalue weighted by molar-refractivity contribution is 0.106. The summed E-state index contributed by atoms with van der Waals surface area (Å²) < 4.78 is 0. The van der Waals surface area contributed by atoms with E-state index in [1.165, 1.54) is 16.7 Å². The van der Waals surface area contributed by atoms with Crippen molar-refractivity contribution >= 4 is 0 Å². The largest absolute Gasteiger partial charge is 0.396 e. The molecule has 25 heavy (non-hydrogen) atoms. The van der Waals surface area contributed by atoms with E-state index >= 15 is 0 Å². The molecule has 0 radical (unpaired) electrons. The second kappa shape index (κ2) is 8.63. The van der Waals surface area contributed by atoms with Gasteiger partial charge in [-0.2, -0.15) is 0 Å². The molecule has 2 aliphatic heterocycles. The summed E-state index contributed by atoms with van der Waals surface area (Å²) in [5.74, 6) is 1.44. The SMILES string of the molecule is Cc1cc(C)cc(CN2C[C@@H](CN3CCC(CO)CC3)[C@@H](CO)C2)c1. The molecule has 2 saturated heterocycles. The van der Waals surface area contributed by atoms with Crippen LogP contribution in [0, 0.1) is 31.6 Å². The summed E-state index contributed by atoms with van der Waals surface area (Å²) in [6.07, 6.45) is 2.22. The Morgan fingerprint density at radius 1 is 0.880 bits per heavy atom. The molecular formula is C21H34N2O2. The van der Waals surface area contributed by atoms with Crippen molar-refractivity contribution in [2.24, 2.45) is 17.8 Å². The lowest BCUT2D eigenvalue weighted by Gasteiger charge is -2.33. The third-order valence-corrected chi connectivity index (χ3v) is 6.03. The van der Waals surface area contributed by atoms with E-state index in [4.69, 9.17) is 0 Å². The zero-order valence-corrected chi connectivity index (χ0v) is 15.8. The number of aliphatic hydroxyl groups excluding tert-OH is 2. The maximum atomic E-state index is 9.84. The predicted octanol–water partition coefficient (Wildman–Crippen LogP) is 2.05. The number of piperidine rings is 1. The van der Waals surface area contributed by atoms with Gasteiger partial charge in [0.05, 0.1) is 0 Å². The first-order valence-corrected chi connectivity index (χ1v) is 9.81. The minimum atomic E-state index is 0.293. The van der Waals surface area contributed by atoms with Crippen LogP contribution in [-0.2, 0) is 6.54 Å². The Kier molecular flexibility index (Phi) is 6.50. The molecule has 1 aromatic rings. The van der Waals surface area contributed by atoms with Gasteiger partial charge < -0.3 is 15.1 Å². The minimum Gasteiger partial charge on any atom is -0.396 e. The van der Waals surface area contributed by atoms with Crippen LogP contribution in [0.15, 0.2) is 18.2 Å². The Morgan fingerprint density at radius 2 is 1.52 bits per heavy atom. The van der Waals surface area contributed by atoms with E-state index in [0.717, 1.165) is 52.1 Å². The fourth-order valence-corrected chi connectivity index (χ4v) is 4.68. The minimum absolute atomic E-state index is 0.293. The highest BCUT2D eigenvalue weighted by Gasteiger charge is 2.34. The fourth-order valence-electron chi connectivity index (χ4n) is 4.68. The maximum absolute atomic E-state index is 9.84. The number of likely N-dealkylation sites (tertiary alicyclic amines) is 2. The quantitative estimate of drug-likeness (QED) is 0.828. The molecule has 4 nitrogen and oxygen atoms in total. The zero-order valence-electron chi connectivity index (χ0n) is 15.8. The Balaban J connectivity index is 1.55. The molecule has 0 saturated carbocycles. The number of rotatable bonds is 6. The monoisotopic (exact) mass is 346 g/mol. The number of aryl methyl sites for hydroxylation is 2. The second-order valence-corrected chi connectivity index (χ2v) is 8.32. The summed E-state index contributed by atoms with van der Waals surface area (Å²) in [6.45, 7) is 11.3. The van der Waals surface area contributed by atoms with Gasteiger partial charge in [-0.15, -0.1) is 0 Å². The molecule has 2 heterocycles. The van der Waals surface area contributed by atoms with Crippen LogP contribution >= 0.6 is 0 Å². The van der Waals surface area contributed by atoms with E-state index in [0.29, 0.717) is 31.0 Å². The first-order valence-electron chi connectivity index (χ1n) is 9.81. The van der Waals surface area contributed by atoms with Gasteiger partial charge in [-0.3, -0.25) is 4.90 Å². The molecule has 0 unspecified atom stereocenters.